The van der Waals surface area contributed by atoms with Gasteiger partial charge in [0.25, 0.3) is 0 Å². The quantitative estimate of drug-likeness (QED) is 0.753. The first-order chi connectivity index (χ1) is 13.2. The van der Waals surface area contributed by atoms with Gasteiger partial charge in [0.2, 0.25) is 11.8 Å². The van der Waals surface area contributed by atoms with Crippen LogP contribution in [0.2, 0.25) is 0 Å². The number of amides is 2. The third-order valence-electron chi connectivity index (χ3n) is 4.84. The van der Waals surface area contributed by atoms with E-state index in [1.54, 1.807) is 29.7 Å². The number of nitrogens with zero attached hydrogens (tertiary/aromatic N) is 4. The van der Waals surface area contributed by atoms with E-state index in [1.807, 2.05) is 34.9 Å². The molecule has 4 rings (SSSR count). The highest BCUT2D eigenvalue weighted by Gasteiger charge is 2.30. The summed E-state index contributed by atoms with van der Waals surface area (Å²) in [6, 6.07) is 11.0. The molecule has 1 fully saturated rings. The Bertz CT molecular complexity index is 953. The molecule has 1 unspecified atom stereocenters. The summed E-state index contributed by atoms with van der Waals surface area (Å²) in [5.41, 5.74) is 2.68. The van der Waals surface area contributed by atoms with Crippen molar-refractivity contribution < 1.29 is 9.59 Å². The number of aromatic nitrogens is 3. The summed E-state index contributed by atoms with van der Waals surface area (Å²) in [6.07, 6.45) is 6.90. The largest absolute Gasteiger partial charge is 0.344 e. The van der Waals surface area contributed by atoms with Gasteiger partial charge in [-0.15, -0.1) is 0 Å². The number of rotatable bonds is 5. The van der Waals surface area contributed by atoms with Gasteiger partial charge in [-0.25, -0.2) is 4.98 Å². The van der Waals surface area contributed by atoms with Crippen LogP contribution in [0.1, 0.15) is 19.3 Å². The number of fused-ring (bicyclic) bond motifs is 1. The lowest BCUT2D eigenvalue weighted by Gasteiger charge is -2.32. The van der Waals surface area contributed by atoms with E-state index in [1.165, 1.54) is 0 Å². The van der Waals surface area contributed by atoms with Crippen LogP contribution in [0.5, 0.6) is 0 Å². The third kappa shape index (κ3) is 3.67. The summed E-state index contributed by atoms with van der Waals surface area (Å²) in [4.78, 5) is 35.2. The lowest BCUT2D eigenvalue weighted by Crippen LogP contribution is -2.52. The van der Waals surface area contributed by atoms with Crippen molar-refractivity contribution in [2.24, 2.45) is 0 Å². The number of imidazole rings is 1. The zero-order chi connectivity index (χ0) is 18.6. The normalized spacial score (nSPS) is 17.3. The molecule has 1 atom stereocenters. The topological polar surface area (TPSA) is 80.1 Å². The van der Waals surface area contributed by atoms with Gasteiger partial charge in [0.05, 0.1) is 29.2 Å². The van der Waals surface area contributed by atoms with E-state index in [4.69, 9.17) is 0 Å². The number of carbonyl (C=O) groups excluding carboxylic acids is 2. The van der Waals surface area contributed by atoms with Crippen LogP contribution in [0.3, 0.4) is 0 Å². The van der Waals surface area contributed by atoms with E-state index in [0.29, 0.717) is 25.9 Å². The highest BCUT2D eigenvalue weighted by molar-refractivity contribution is 5.99. The maximum atomic E-state index is 12.7. The molecule has 3 aromatic rings. The average molecular weight is 363 g/mol. The van der Waals surface area contributed by atoms with Crippen LogP contribution < -0.4 is 10.2 Å². The number of hydrogen-bond donors (Lipinski definition) is 1. The van der Waals surface area contributed by atoms with Crippen molar-refractivity contribution in [2.75, 3.05) is 11.4 Å². The van der Waals surface area contributed by atoms with E-state index in [-0.39, 0.29) is 11.8 Å². The van der Waals surface area contributed by atoms with Gasteiger partial charge < -0.3 is 14.8 Å². The summed E-state index contributed by atoms with van der Waals surface area (Å²) < 4.78 is 1.96. The Kier molecular flexibility index (Phi) is 4.82. The van der Waals surface area contributed by atoms with Gasteiger partial charge in [-0.05, 0) is 37.1 Å². The molecule has 1 saturated heterocycles. The van der Waals surface area contributed by atoms with Gasteiger partial charge in [-0.3, -0.25) is 14.6 Å². The molecular weight excluding hydrogens is 342 g/mol. The lowest BCUT2D eigenvalue weighted by molar-refractivity contribution is -0.128. The molecule has 1 aliphatic heterocycles. The van der Waals surface area contributed by atoms with Gasteiger partial charge in [0.15, 0.2) is 0 Å². The SMILES string of the molecule is O=C(CCn1cnc2ccccc21)NC1CCCN(c2cccnc2)C1=O. The molecular formula is C20H21N5O2. The molecule has 0 aliphatic carbocycles. The Balaban J connectivity index is 1.37. The predicted octanol–water partition coefficient (Wildman–Crippen LogP) is 2.13. The van der Waals surface area contributed by atoms with Crippen molar-refractivity contribution in [1.29, 1.82) is 0 Å². The highest BCUT2D eigenvalue weighted by atomic mass is 16.2. The summed E-state index contributed by atoms with van der Waals surface area (Å²) >= 11 is 0. The van der Waals surface area contributed by atoms with Gasteiger partial charge in [0.1, 0.15) is 6.04 Å². The molecule has 2 amide bonds. The van der Waals surface area contributed by atoms with E-state index >= 15 is 0 Å². The number of anilines is 1. The number of para-hydroxylation sites is 2. The number of piperidine rings is 1. The smallest absolute Gasteiger partial charge is 0.249 e. The van der Waals surface area contributed by atoms with Crippen molar-refractivity contribution in [2.45, 2.75) is 31.8 Å². The Labute approximate surface area is 157 Å². The summed E-state index contributed by atoms with van der Waals surface area (Å²) in [7, 11) is 0. The maximum absolute atomic E-state index is 12.7. The second kappa shape index (κ2) is 7.57. The number of nitrogens with one attached hydrogen (secondary N) is 1. The molecule has 1 N–H and O–H groups in total. The van der Waals surface area contributed by atoms with Crippen LogP contribution in [0.4, 0.5) is 5.69 Å². The predicted molar refractivity (Wildman–Crippen MR) is 102 cm³/mol. The van der Waals surface area contributed by atoms with Crippen LogP contribution in [0, 0.1) is 0 Å². The molecule has 3 heterocycles. The molecule has 2 aromatic heterocycles. The lowest BCUT2D eigenvalue weighted by atomic mass is 10.0. The van der Waals surface area contributed by atoms with Crippen LogP contribution in [-0.2, 0) is 16.1 Å². The van der Waals surface area contributed by atoms with Crippen molar-refractivity contribution in [1.82, 2.24) is 19.9 Å². The molecule has 0 spiro atoms. The molecule has 0 saturated carbocycles. The Morgan fingerprint density at radius 2 is 2.11 bits per heavy atom. The number of aryl methyl sites for hydroxylation is 1. The average Bonchev–Trinajstić information content (AvgIpc) is 3.12. The zero-order valence-corrected chi connectivity index (χ0v) is 14.9. The van der Waals surface area contributed by atoms with Crippen LogP contribution in [-0.4, -0.2) is 38.9 Å². The number of pyridine rings is 1. The molecule has 0 bridgehead atoms. The first-order valence-corrected chi connectivity index (χ1v) is 9.13. The van der Waals surface area contributed by atoms with Crippen molar-refractivity contribution in [3.8, 4) is 0 Å². The molecule has 27 heavy (non-hydrogen) atoms. The molecule has 7 heteroatoms. The minimum atomic E-state index is -0.481. The number of benzene rings is 1. The molecule has 1 aromatic carbocycles. The first kappa shape index (κ1) is 17.2. The van der Waals surface area contributed by atoms with E-state index < -0.39 is 6.04 Å². The van der Waals surface area contributed by atoms with Crippen molar-refractivity contribution in [3.05, 3.63) is 55.1 Å². The molecule has 138 valence electrons. The summed E-state index contributed by atoms with van der Waals surface area (Å²) in [6.45, 7) is 1.18. The summed E-state index contributed by atoms with van der Waals surface area (Å²) in [5, 5.41) is 2.89. The fourth-order valence-electron chi connectivity index (χ4n) is 3.46. The van der Waals surface area contributed by atoms with Crippen LogP contribution in [0.25, 0.3) is 11.0 Å². The second-order valence-electron chi connectivity index (χ2n) is 6.64. The van der Waals surface area contributed by atoms with Crippen molar-refractivity contribution in [3.63, 3.8) is 0 Å². The number of carbonyl (C=O) groups is 2. The first-order valence-electron chi connectivity index (χ1n) is 9.13. The van der Waals surface area contributed by atoms with Crippen LogP contribution in [0.15, 0.2) is 55.1 Å². The van der Waals surface area contributed by atoms with Gasteiger partial charge in [-0.1, -0.05) is 12.1 Å². The molecule has 1 aliphatic rings. The Hall–Kier alpha value is -3.22. The zero-order valence-electron chi connectivity index (χ0n) is 14.9. The number of hydrogen-bond acceptors (Lipinski definition) is 4. The van der Waals surface area contributed by atoms with E-state index in [9.17, 15) is 9.59 Å². The van der Waals surface area contributed by atoms with Crippen molar-refractivity contribution >= 4 is 28.5 Å². The van der Waals surface area contributed by atoms with Gasteiger partial charge in [-0.2, -0.15) is 0 Å². The van der Waals surface area contributed by atoms with E-state index in [0.717, 1.165) is 23.1 Å². The van der Waals surface area contributed by atoms with Gasteiger partial charge in [0, 0.05) is 25.7 Å². The fourth-order valence-corrected chi connectivity index (χ4v) is 3.46. The van der Waals surface area contributed by atoms with E-state index in [2.05, 4.69) is 15.3 Å². The Morgan fingerprint density at radius 3 is 2.96 bits per heavy atom. The van der Waals surface area contributed by atoms with Crippen LogP contribution >= 0.6 is 0 Å². The maximum Gasteiger partial charge on any atom is 0.249 e. The standard InChI is InChI=1S/C20H21N5O2/c26-19(9-12-24-14-22-16-6-1-2-8-18(16)24)23-17-7-4-11-25(20(17)27)15-5-3-10-21-13-15/h1-3,5-6,8,10,13-14,17H,4,7,9,11-12H2,(H,23,26). The minimum Gasteiger partial charge on any atom is -0.344 e. The molecule has 0 radical (unpaired) electrons. The highest BCUT2D eigenvalue weighted by Crippen LogP contribution is 2.20. The third-order valence-corrected chi connectivity index (χ3v) is 4.84. The minimum absolute atomic E-state index is 0.0734. The monoisotopic (exact) mass is 363 g/mol. The summed E-state index contributed by atoms with van der Waals surface area (Å²) in [5.74, 6) is -0.199. The van der Waals surface area contributed by atoms with Gasteiger partial charge >= 0.3 is 0 Å². The second-order valence-corrected chi connectivity index (χ2v) is 6.64. The fraction of sp³-hybridized carbons (Fsp3) is 0.300. The molecule has 7 nitrogen and oxygen atoms in total. The Morgan fingerprint density at radius 1 is 1.22 bits per heavy atom.